The van der Waals surface area contributed by atoms with Crippen LogP contribution in [0.4, 0.5) is 0 Å². The lowest BCUT2D eigenvalue weighted by atomic mass is 9.97. The third-order valence-electron chi connectivity index (χ3n) is 20.0. The van der Waals surface area contributed by atoms with Crippen LogP contribution in [-0.4, -0.2) is 245 Å². The number of halogens is 2. The fraction of sp³-hybridized carbons (Fsp3) is 0.391. The summed E-state index contributed by atoms with van der Waals surface area (Å²) in [5.74, 6) is -13.4. The molecule has 0 bridgehead atoms. The van der Waals surface area contributed by atoms with Crippen molar-refractivity contribution in [1.29, 1.82) is 0 Å². The molecule has 3 aromatic heterocycles. The molecular formula is C87H87Cl2N9O30. The van der Waals surface area contributed by atoms with Gasteiger partial charge in [0.15, 0.2) is 73.6 Å². The number of alkyl halides is 2. The average molecular weight is 1810 g/mol. The summed E-state index contributed by atoms with van der Waals surface area (Å²) in [5.41, 5.74) is 0.667. The van der Waals surface area contributed by atoms with Gasteiger partial charge in [0.2, 0.25) is 12.1 Å². The van der Waals surface area contributed by atoms with Crippen LogP contribution in [0.1, 0.15) is 121 Å². The minimum atomic E-state index is -2.44. The van der Waals surface area contributed by atoms with Gasteiger partial charge < -0.3 is 90.0 Å². The first-order chi connectivity index (χ1) is 61.8. The highest BCUT2D eigenvalue weighted by molar-refractivity contribution is 6.21. The normalized spacial score (nSPS) is 25.4. The number of hydrogen-bond acceptors (Lipinski definition) is 36. The molecule has 0 amide bonds. The second-order valence-electron chi connectivity index (χ2n) is 29.3. The molecule has 7 heterocycles. The first-order valence-corrected chi connectivity index (χ1v) is 41.1. The summed E-state index contributed by atoms with van der Waals surface area (Å²) in [6, 6.07) is 46.7. The maximum absolute atomic E-state index is 14.8. The maximum Gasteiger partial charge on any atom is 0.338 e. The predicted molar refractivity (Wildman–Crippen MR) is 433 cm³/mol. The first kappa shape index (κ1) is 92.8. The van der Waals surface area contributed by atoms with E-state index in [4.69, 9.17) is 113 Å². The van der Waals surface area contributed by atoms with E-state index < -0.39 is 220 Å². The Balaban J connectivity index is 0.835. The Hall–Kier alpha value is -12.8. The zero-order valence-corrected chi connectivity index (χ0v) is 70.8. The van der Waals surface area contributed by atoms with Crippen LogP contribution < -0.4 is 0 Å². The van der Waals surface area contributed by atoms with Crippen molar-refractivity contribution < 1.29 is 143 Å². The van der Waals surface area contributed by atoms with Crippen LogP contribution in [0.3, 0.4) is 0 Å². The van der Waals surface area contributed by atoms with Crippen molar-refractivity contribution >= 4 is 88.9 Å². The van der Waals surface area contributed by atoms with Crippen molar-refractivity contribution in [2.24, 2.45) is 0 Å². The fourth-order valence-electron chi connectivity index (χ4n) is 14.3. The molecule has 4 fully saturated rings. The van der Waals surface area contributed by atoms with Crippen LogP contribution in [0.5, 0.6) is 0 Å². The quantitative estimate of drug-likeness (QED) is 0.0212. The zero-order valence-electron chi connectivity index (χ0n) is 69.3. The van der Waals surface area contributed by atoms with Crippen LogP contribution in [0.25, 0.3) is 0 Å². The number of hydrogen-bond donors (Lipinski definition) is 0. The Bertz CT molecular complexity index is 5300. The van der Waals surface area contributed by atoms with Gasteiger partial charge in [0.05, 0.1) is 97.3 Å². The summed E-state index contributed by atoms with van der Waals surface area (Å²) in [6.45, 7) is 4.58. The lowest BCUT2D eigenvalue weighted by Gasteiger charge is -2.45. The van der Waals surface area contributed by atoms with Gasteiger partial charge in [-0.25, -0.2) is 42.8 Å². The highest BCUT2D eigenvalue weighted by atomic mass is 35.5. The van der Waals surface area contributed by atoms with E-state index in [1.165, 1.54) is 99.2 Å². The number of esters is 11. The third-order valence-corrected chi connectivity index (χ3v) is 20.9. The topological polar surface area (TPSA) is 455 Å². The third kappa shape index (κ3) is 23.9. The van der Waals surface area contributed by atoms with Gasteiger partial charge in [-0.15, -0.1) is 38.5 Å². The lowest BCUT2D eigenvalue weighted by Crippen LogP contribution is -2.63. The van der Waals surface area contributed by atoms with Crippen molar-refractivity contribution in [3.8, 4) is 0 Å². The Labute approximate surface area is 739 Å². The zero-order chi connectivity index (χ0) is 90.5. The minimum absolute atomic E-state index is 0.00129. The molecule has 6 aromatic carbocycles. The van der Waals surface area contributed by atoms with E-state index in [-0.39, 0.29) is 57.9 Å². The van der Waals surface area contributed by atoms with E-state index in [9.17, 15) is 52.7 Å². The standard InChI is InChI=1S/C87H87Cl2N9O30/c1-7-110-44-60-38-96(93-90-60)41-63-68(121-78(104)54-26-14-8-15-27-54)72(123-80(106)56-30-18-10-19-31-56)75(125-82(108)58-34-22-12-23-35-58)84(118-63)112-45-61-39-97(94-91-61)42-64-69(122-79(105)55-28-16-9-17-29-55)73(124-81(107)57-32-20-11-21-33-57)76(126-83(109)59-36-24-13-25-37-59)85(119-64)113-46-62-40-98(95-92-62)43-65-70(114-50(3)100)77(117-53(6)103)87(48-88,127-65)128-86-74(116-52(5)102)71(115-51(4)101)67(89)66(120-86)47-111-49(2)99/h8-40,63-77,84-86H,7,41-48H2,1-6H3/t63?,64-,65-,66-,67+,68-,69-,70-,71+,72+,73+,74-,75+,76+,77+,84+,85+,86-,87?/m1/s1. The van der Waals surface area contributed by atoms with Crippen molar-refractivity contribution in [2.75, 3.05) is 19.1 Å². The molecular weight excluding hydrogens is 1720 g/mol. The van der Waals surface area contributed by atoms with Gasteiger partial charge in [-0.2, -0.15) is 0 Å². The molecule has 2 unspecified atom stereocenters. The number of nitrogens with zero attached hydrogens (tertiary/aromatic N) is 9. The molecule has 4 aliphatic rings. The molecule has 674 valence electrons. The largest absolute Gasteiger partial charge is 0.463 e. The van der Waals surface area contributed by atoms with Crippen molar-refractivity contribution in [3.63, 3.8) is 0 Å². The minimum Gasteiger partial charge on any atom is -0.463 e. The van der Waals surface area contributed by atoms with Gasteiger partial charge >= 0.3 is 65.7 Å². The molecule has 39 nitrogen and oxygen atoms in total. The molecule has 19 atom stereocenters. The highest BCUT2D eigenvalue weighted by Gasteiger charge is 2.64. The average Bonchev–Trinajstić information content (AvgIpc) is 1.65. The maximum atomic E-state index is 14.8. The fourth-order valence-corrected chi connectivity index (χ4v) is 14.9. The van der Waals surface area contributed by atoms with Crippen LogP contribution >= 0.6 is 23.2 Å². The summed E-state index contributed by atoms with van der Waals surface area (Å²) < 4.78 is 122. The number of carbonyl (C=O) groups is 11. The Kier molecular flexibility index (Phi) is 31.6. The molecule has 128 heavy (non-hydrogen) atoms. The molecule has 13 rings (SSSR count). The highest BCUT2D eigenvalue weighted by Crippen LogP contribution is 2.43. The number of rotatable bonds is 36. The number of ether oxygens (including phenoxy) is 19. The Morgan fingerprint density at radius 2 is 0.672 bits per heavy atom. The smallest absolute Gasteiger partial charge is 0.338 e. The molecule has 0 radical (unpaired) electrons. The number of carbonyl (C=O) groups excluding carboxylic acids is 11. The van der Waals surface area contributed by atoms with Crippen LogP contribution in [0.15, 0.2) is 201 Å². The van der Waals surface area contributed by atoms with Gasteiger partial charge in [-0.1, -0.05) is 125 Å². The number of benzene rings is 6. The second kappa shape index (κ2) is 43.6. The summed E-state index contributed by atoms with van der Waals surface area (Å²) >= 11 is 13.6. The van der Waals surface area contributed by atoms with Gasteiger partial charge in [0.1, 0.15) is 53.5 Å². The van der Waals surface area contributed by atoms with E-state index in [2.05, 4.69) is 30.9 Å². The SMILES string of the molecule is CCOCc1cn(CC2O[C@H](OCc3cn(C[C@H]4O[C@H](OCc5cn(C[C@H]6OC(CCl)(O[C@H]7O[C@H](COC(C)=O)[C@H](Cl)[C@H](OC(C)=O)[C@H]7OC(C)=O)[C@@H](OC(C)=O)[C@@H]6OC(C)=O)nn5)[C@@H](OC(=O)c5ccccc5)[C@@H](OC(=O)c5ccccc5)[C@@H]4OC(=O)c4ccccc4)nn3)[C@@H](OC(=O)c3ccccc3)[C@@H](OC(=O)c3ccccc3)[C@@H]2OC(=O)c2ccccc2)nn1. The van der Waals surface area contributed by atoms with Crippen molar-refractivity contribution in [2.45, 2.75) is 196 Å². The van der Waals surface area contributed by atoms with Gasteiger partial charge in [0, 0.05) is 41.2 Å². The van der Waals surface area contributed by atoms with Crippen LogP contribution in [0, 0.1) is 0 Å². The Morgan fingerprint density at radius 1 is 0.359 bits per heavy atom. The molecule has 41 heteroatoms. The first-order valence-electron chi connectivity index (χ1n) is 40.2. The molecule has 9 aromatic rings. The number of aromatic nitrogens is 9. The van der Waals surface area contributed by atoms with E-state index in [0.29, 0.717) is 12.3 Å². The van der Waals surface area contributed by atoms with Gasteiger partial charge in [-0.3, -0.25) is 24.0 Å². The van der Waals surface area contributed by atoms with Crippen molar-refractivity contribution in [3.05, 3.63) is 251 Å². The van der Waals surface area contributed by atoms with E-state index in [0.717, 1.165) is 34.6 Å². The van der Waals surface area contributed by atoms with E-state index in [1.807, 2.05) is 0 Å². The Morgan fingerprint density at radius 3 is 1.02 bits per heavy atom. The molecule has 4 saturated heterocycles. The summed E-state index contributed by atoms with van der Waals surface area (Å²) in [4.78, 5) is 151. The predicted octanol–water partition coefficient (Wildman–Crippen LogP) is 7.21. The van der Waals surface area contributed by atoms with Gasteiger partial charge in [-0.05, 0) is 79.7 Å². The molecule has 0 aliphatic carbocycles. The molecule has 0 spiro atoms. The van der Waals surface area contributed by atoms with Crippen LogP contribution in [-0.2, 0) is 153 Å². The monoisotopic (exact) mass is 1810 g/mol. The second-order valence-corrected chi connectivity index (χ2v) is 30.1. The molecule has 0 N–H and O–H groups in total. The van der Waals surface area contributed by atoms with Crippen molar-refractivity contribution in [1.82, 2.24) is 45.0 Å². The van der Waals surface area contributed by atoms with E-state index in [1.54, 1.807) is 122 Å². The molecule has 0 saturated carbocycles. The summed E-state index contributed by atoms with van der Waals surface area (Å²) in [6.07, 6.45) is -24.3. The lowest BCUT2D eigenvalue weighted by molar-refractivity contribution is -0.359. The summed E-state index contributed by atoms with van der Waals surface area (Å²) in [5, 5.41) is 24.7. The molecule has 4 aliphatic heterocycles. The van der Waals surface area contributed by atoms with E-state index >= 15 is 0 Å². The van der Waals surface area contributed by atoms with Gasteiger partial charge in [0.25, 0.3) is 0 Å². The summed E-state index contributed by atoms with van der Waals surface area (Å²) in [7, 11) is 0. The van der Waals surface area contributed by atoms with Crippen LogP contribution in [0.2, 0.25) is 0 Å².